The Bertz CT molecular complexity index is 410. The summed E-state index contributed by atoms with van der Waals surface area (Å²) in [5.41, 5.74) is 0.832. The van der Waals surface area contributed by atoms with Gasteiger partial charge in [-0.05, 0) is 19.9 Å². The number of ether oxygens (including phenoxy) is 1. The number of para-hydroxylation sites is 1. The lowest BCUT2D eigenvalue weighted by Gasteiger charge is -2.37. The molecule has 1 heterocycles. The van der Waals surface area contributed by atoms with E-state index < -0.39 is 0 Å². The highest BCUT2D eigenvalue weighted by atomic mass is 16.5. The Morgan fingerprint density at radius 2 is 2.06 bits per heavy atom. The highest BCUT2D eigenvalue weighted by molar-refractivity contribution is 5.50. The standard InChI is InChI=1S/C12H15NO2.C2H2/c1-12(2)7-10(13-8-14)9-5-3-4-6-11(9)15-12;1-2/h3-6,8,10H,7H2,1-2H3,(H,13,14);1-2H/t10-;/m0./s1. The van der Waals surface area contributed by atoms with Gasteiger partial charge in [0, 0.05) is 12.0 Å². The summed E-state index contributed by atoms with van der Waals surface area (Å²) in [5.74, 6) is 0.869. The molecule has 3 heteroatoms. The van der Waals surface area contributed by atoms with E-state index in [0.717, 1.165) is 24.1 Å². The van der Waals surface area contributed by atoms with Crippen molar-refractivity contribution in [3.8, 4) is 18.6 Å². The minimum Gasteiger partial charge on any atom is -0.487 e. The zero-order valence-electron chi connectivity index (χ0n) is 10.1. The largest absolute Gasteiger partial charge is 0.487 e. The van der Waals surface area contributed by atoms with Crippen molar-refractivity contribution in [1.29, 1.82) is 0 Å². The minimum atomic E-state index is -0.227. The van der Waals surface area contributed by atoms with E-state index in [0.29, 0.717) is 0 Å². The molecule has 1 aliphatic rings. The van der Waals surface area contributed by atoms with Gasteiger partial charge in [0.25, 0.3) is 0 Å². The number of carbonyl (C=O) groups is 1. The van der Waals surface area contributed by atoms with Crippen molar-refractivity contribution >= 4 is 6.41 Å². The topological polar surface area (TPSA) is 38.3 Å². The highest BCUT2D eigenvalue weighted by Crippen LogP contribution is 2.38. The molecule has 0 saturated carbocycles. The molecule has 0 spiro atoms. The maximum atomic E-state index is 10.5. The fraction of sp³-hybridized carbons (Fsp3) is 0.357. The normalized spacial score (nSPS) is 19.9. The number of rotatable bonds is 2. The second-order valence-corrected chi connectivity index (χ2v) is 4.44. The summed E-state index contributed by atoms with van der Waals surface area (Å²) in [6.07, 6.45) is 9.55. The Morgan fingerprint density at radius 3 is 2.71 bits per heavy atom. The molecule has 1 aromatic carbocycles. The van der Waals surface area contributed by atoms with Crippen molar-refractivity contribution in [3.63, 3.8) is 0 Å². The van der Waals surface area contributed by atoms with E-state index in [-0.39, 0.29) is 11.6 Å². The number of hydrogen-bond donors (Lipinski definition) is 1. The third-order valence-corrected chi connectivity index (χ3v) is 2.65. The molecule has 0 aromatic heterocycles. The molecule has 0 saturated heterocycles. The molecule has 1 atom stereocenters. The summed E-state index contributed by atoms with van der Waals surface area (Å²) in [6, 6.07) is 7.89. The molecular weight excluding hydrogens is 214 g/mol. The van der Waals surface area contributed by atoms with Crippen LogP contribution in [-0.4, -0.2) is 12.0 Å². The van der Waals surface area contributed by atoms with Crippen LogP contribution >= 0.6 is 0 Å². The quantitative estimate of drug-likeness (QED) is 0.626. The summed E-state index contributed by atoms with van der Waals surface area (Å²) in [6.45, 7) is 4.06. The van der Waals surface area contributed by atoms with E-state index in [1.54, 1.807) is 0 Å². The van der Waals surface area contributed by atoms with Crippen LogP contribution in [0.4, 0.5) is 0 Å². The molecule has 1 N–H and O–H groups in total. The van der Waals surface area contributed by atoms with Crippen LogP contribution in [0.25, 0.3) is 0 Å². The van der Waals surface area contributed by atoms with Crippen LogP contribution in [0.1, 0.15) is 31.9 Å². The predicted octanol–water partition coefficient (Wildman–Crippen LogP) is 2.28. The van der Waals surface area contributed by atoms with Gasteiger partial charge in [-0.1, -0.05) is 18.2 Å². The van der Waals surface area contributed by atoms with Crippen molar-refractivity contribution in [2.45, 2.75) is 31.9 Å². The molecule has 0 radical (unpaired) electrons. The molecule has 2 rings (SSSR count). The third kappa shape index (κ3) is 3.01. The van der Waals surface area contributed by atoms with Gasteiger partial charge in [-0.3, -0.25) is 4.79 Å². The van der Waals surface area contributed by atoms with Crippen LogP contribution in [0.2, 0.25) is 0 Å². The number of amides is 1. The van der Waals surface area contributed by atoms with Gasteiger partial charge >= 0.3 is 0 Å². The van der Waals surface area contributed by atoms with E-state index >= 15 is 0 Å². The van der Waals surface area contributed by atoms with Crippen molar-refractivity contribution in [3.05, 3.63) is 29.8 Å². The van der Waals surface area contributed by atoms with E-state index in [2.05, 4.69) is 18.2 Å². The van der Waals surface area contributed by atoms with Crippen LogP contribution < -0.4 is 10.1 Å². The van der Waals surface area contributed by atoms with Gasteiger partial charge < -0.3 is 10.1 Å². The monoisotopic (exact) mass is 231 g/mol. The number of carbonyl (C=O) groups excluding carboxylic acids is 1. The number of terminal acetylenes is 1. The van der Waals surface area contributed by atoms with Crippen molar-refractivity contribution < 1.29 is 9.53 Å². The molecule has 1 aromatic rings. The smallest absolute Gasteiger partial charge is 0.207 e. The number of hydrogen-bond acceptors (Lipinski definition) is 2. The van der Waals surface area contributed by atoms with Crippen LogP contribution in [0, 0.1) is 12.8 Å². The van der Waals surface area contributed by atoms with Gasteiger partial charge in [0.15, 0.2) is 0 Å². The van der Waals surface area contributed by atoms with Gasteiger partial charge in [-0.25, -0.2) is 0 Å². The average molecular weight is 231 g/mol. The lowest BCUT2D eigenvalue weighted by Crippen LogP contribution is -2.39. The van der Waals surface area contributed by atoms with Gasteiger partial charge in [-0.2, -0.15) is 0 Å². The Hall–Kier alpha value is -1.95. The fourth-order valence-electron chi connectivity index (χ4n) is 2.03. The van der Waals surface area contributed by atoms with E-state index in [1.807, 2.05) is 38.1 Å². The summed E-state index contributed by atoms with van der Waals surface area (Å²) < 4.78 is 5.84. The first kappa shape index (κ1) is 13.1. The first-order valence-electron chi connectivity index (χ1n) is 5.43. The van der Waals surface area contributed by atoms with Crippen LogP contribution in [-0.2, 0) is 4.79 Å². The zero-order chi connectivity index (χ0) is 12.9. The molecular formula is C14H17NO2. The zero-order valence-corrected chi connectivity index (χ0v) is 10.1. The number of fused-ring (bicyclic) bond motifs is 1. The summed E-state index contributed by atoms with van der Waals surface area (Å²) in [5, 5.41) is 2.84. The molecule has 0 unspecified atom stereocenters. The molecule has 0 aliphatic carbocycles. The first-order chi connectivity index (χ1) is 8.12. The maximum Gasteiger partial charge on any atom is 0.207 e. The van der Waals surface area contributed by atoms with Gasteiger partial charge in [0.05, 0.1) is 6.04 Å². The minimum absolute atomic E-state index is 0.0578. The second kappa shape index (κ2) is 5.40. The molecule has 0 bridgehead atoms. The second-order valence-electron chi connectivity index (χ2n) is 4.44. The van der Waals surface area contributed by atoms with Crippen molar-refractivity contribution in [2.75, 3.05) is 0 Å². The van der Waals surface area contributed by atoms with Gasteiger partial charge in [0.1, 0.15) is 11.4 Å². The molecule has 1 amide bonds. The average Bonchev–Trinajstić information content (AvgIpc) is 2.30. The van der Waals surface area contributed by atoms with E-state index in [1.165, 1.54) is 0 Å². The predicted molar refractivity (Wildman–Crippen MR) is 67.6 cm³/mol. The molecule has 90 valence electrons. The Labute approximate surface area is 102 Å². The molecule has 0 fully saturated rings. The van der Waals surface area contributed by atoms with E-state index in [4.69, 9.17) is 4.74 Å². The van der Waals surface area contributed by atoms with Crippen molar-refractivity contribution in [1.82, 2.24) is 5.32 Å². The van der Waals surface area contributed by atoms with Crippen LogP contribution in [0.5, 0.6) is 5.75 Å². The Balaban J connectivity index is 0.000000686. The summed E-state index contributed by atoms with van der Waals surface area (Å²) >= 11 is 0. The molecule has 17 heavy (non-hydrogen) atoms. The highest BCUT2D eigenvalue weighted by Gasteiger charge is 2.33. The maximum absolute atomic E-state index is 10.5. The SMILES string of the molecule is C#C.CC1(C)C[C@H](NC=O)c2ccccc2O1. The van der Waals surface area contributed by atoms with Crippen LogP contribution in [0.15, 0.2) is 24.3 Å². The Morgan fingerprint density at radius 1 is 1.41 bits per heavy atom. The molecule has 3 nitrogen and oxygen atoms in total. The first-order valence-corrected chi connectivity index (χ1v) is 5.43. The number of nitrogens with one attached hydrogen (secondary N) is 1. The fourth-order valence-corrected chi connectivity index (χ4v) is 2.03. The van der Waals surface area contributed by atoms with Crippen molar-refractivity contribution in [2.24, 2.45) is 0 Å². The van der Waals surface area contributed by atoms with Gasteiger partial charge in [0.2, 0.25) is 6.41 Å². The summed E-state index contributed by atoms with van der Waals surface area (Å²) in [7, 11) is 0. The van der Waals surface area contributed by atoms with E-state index in [9.17, 15) is 4.79 Å². The summed E-state index contributed by atoms with van der Waals surface area (Å²) in [4.78, 5) is 10.5. The van der Waals surface area contributed by atoms with Crippen LogP contribution in [0.3, 0.4) is 0 Å². The molecule has 1 aliphatic heterocycles. The third-order valence-electron chi connectivity index (χ3n) is 2.65. The lowest BCUT2D eigenvalue weighted by atomic mass is 9.90. The van der Waals surface area contributed by atoms with Gasteiger partial charge in [-0.15, -0.1) is 12.8 Å². The Kier molecular flexibility index (Phi) is 4.17. The number of benzene rings is 1. The lowest BCUT2D eigenvalue weighted by molar-refractivity contribution is -0.110.